The second kappa shape index (κ2) is 4.62. The smallest absolute Gasteiger partial charge is 0.399 e. The Hall–Kier alpha value is -1.53. The van der Waals surface area contributed by atoms with Crippen molar-refractivity contribution in [3.8, 4) is 0 Å². The molecule has 1 unspecified atom stereocenters. The first-order valence-corrected chi connectivity index (χ1v) is 6.00. The van der Waals surface area contributed by atoms with E-state index in [1.165, 1.54) is 29.6 Å². The fourth-order valence-electron chi connectivity index (χ4n) is 1.61. The van der Waals surface area contributed by atoms with Crippen molar-refractivity contribution in [2.24, 2.45) is 0 Å². The summed E-state index contributed by atoms with van der Waals surface area (Å²) in [5.41, 5.74) is 5.44. The SMILES string of the molecule is Nc1ccc(C(O)c2cscc2C(F)(F)F)cc1. The van der Waals surface area contributed by atoms with E-state index in [-0.39, 0.29) is 5.56 Å². The second-order valence-electron chi connectivity index (χ2n) is 3.81. The molecule has 0 radical (unpaired) electrons. The zero-order chi connectivity index (χ0) is 13.3. The number of aliphatic hydroxyl groups excluding tert-OH is 1. The lowest BCUT2D eigenvalue weighted by Gasteiger charge is -2.14. The van der Waals surface area contributed by atoms with Crippen LogP contribution in [0.1, 0.15) is 22.8 Å². The Labute approximate surface area is 105 Å². The first-order chi connectivity index (χ1) is 8.39. The topological polar surface area (TPSA) is 46.2 Å². The van der Waals surface area contributed by atoms with Crippen LogP contribution in [0.15, 0.2) is 35.0 Å². The number of hydrogen-bond donors (Lipinski definition) is 2. The van der Waals surface area contributed by atoms with E-state index in [1.54, 1.807) is 0 Å². The van der Waals surface area contributed by atoms with Crippen LogP contribution in [-0.4, -0.2) is 5.11 Å². The summed E-state index contributed by atoms with van der Waals surface area (Å²) in [4.78, 5) is 0. The van der Waals surface area contributed by atoms with Crippen molar-refractivity contribution in [3.05, 3.63) is 51.7 Å². The molecule has 2 aromatic rings. The summed E-state index contributed by atoms with van der Waals surface area (Å²) in [6.07, 6.45) is -5.75. The van der Waals surface area contributed by atoms with Gasteiger partial charge in [0.05, 0.1) is 5.56 Å². The first kappa shape index (κ1) is 12.9. The van der Waals surface area contributed by atoms with Gasteiger partial charge in [0.15, 0.2) is 0 Å². The highest BCUT2D eigenvalue weighted by atomic mass is 32.1. The predicted octanol–water partition coefficient (Wildman–Crippen LogP) is 3.43. The maximum Gasteiger partial charge on any atom is 0.417 e. The van der Waals surface area contributed by atoms with E-state index >= 15 is 0 Å². The van der Waals surface area contributed by atoms with Crippen molar-refractivity contribution in [3.63, 3.8) is 0 Å². The molecule has 0 aliphatic carbocycles. The molecule has 0 aliphatic rings. The van der Waals surface area contributed by atoms with Crippen molar-refractivity contribution in [2.75, 3.05) is 5.73 Å². The van der Waals surface area contributed by atoms with E-state index in [0.29, 0.717) is 11.3 Å². The summed E-state index contributed by atoms with van der Waals surface area (Å²) < 4.78 is 38.1. The molecule has 0 saturated heterocycles. The number of halogens is 3. The summed E-state index contributed by atoms with van der Waals surface area (Å²) in [5, 5.41) is 12.3. The predicted molar refractivity (Wildman–Crippen MR) is 64.2 cm³/mol. The van der Waals surface area contributed by atoms with Crippen LogP contribution in [-0.2, 0) is 6.18 Å². The first-order valence-electron chi connectivity index (χ1n) is 5.06. The van der Waals surface area contributed by atoms with Gasteiger partial charge in [-0.1, -0.05) is 12.1 Å². The molecular formula is C12H10F3NOS. The molecule has 0 spiro atoms. The number of benzene rings is 1. The number of nitrogens with two attached hydrogens (primary N) is 1. The van der Waals surface area contributed by atoms with Crippen LogP contribution in [0.4, 0.5) is 18.9 Å². The Morgan fingerprint density at radius 2 is 1.72 bits per heavy atom. The van der Waals surface area contributed by atoms with Gasteiger partial charge in [-0.05, 0) is 23.1 Å². The quantitative estimate of drug-likeness (QED) is 0.823. The molecule has 1 heterocycles. The van der Waals surface area contributed by atoms with Crippen LogP contribution in [0.5, 0.6) is 0 Å². The van der Waals surface area contributed by atoms with E-state index in [1.807, 2.05) is 0 Å². The highest BCUT2D eigenvalue weighted by Crippen LogP contribution is 2.38. The molecule has 1 aromatic carbocycles. The Bertz CT molecular complexity index is 533. The van der Waals surface area contributed by atoms with Gasteiger partial charge in [-0.3, -0.25) is 0 Å². The highest BCUT2D eigenvalue weighted by molar-refractivity contribution is 7.08. The number of rotatable bonds is 2. The third kappa shape index (κ3) is 2.49. The minimum atomic E-state index is -4.45. The zero-order valence-corrected chi connectivity index (χ0v) is 9.92. The number of alkyl halides is 3. The maximum atomic E-state index is 12.7. The summed E-state index contributed by atoms with van der Waals surface area (Å²) in [6, 6.07) is 6.10. The molecular weight excluding hydrogens is 263 g/mol. The minimum absolute atomic E-state index is 0.128. The van der Waals surface area contributed by atoms with E-state index in [9.17, 15) is 18.3 Å². The summed E-state index contributed by atoms with van der Waals surface area (Å²) >= 11 is 0.915. The van der Waals surface area contributed by atoms with Gasteiger partial charge >= 0.3 is 6.18 Å². The van der Waals surface area contributed by atoms with Gasteiger partial charge in [-0.25, -0.2) is 0 Å². The van der Waals surface area contributed by atoms with Crippen LogP contribution < -0.4 is 5.73 Å². The zero-order valence-electron chi connectivity index (χ0n) is 9.11. The van der Waals surface area contributed by atoms with Gasteiger partial charge in [0.1, 0.15) is 6.10 Å². The van der Waals surface area contributed by atoms with Gasteiger partial charge in [-0.2, -0.15) is 24.5 Å². The van der Waals surface area contributed by atoms with E-state index in [2.05, 4.69) is 0 Å². The normalized spacial score (nSPS) is 13.6. The van der Waals surface area contributed by atoms with Gasteiger partial charge < -0.3 is 10.8 Å². The molecule has 1 aromatic heterocycles. The van der Waals surface area contributed by atoms with Crippen LogP contribution in [0.3, 0.4) is 0 Å². The molecule has 0 fully saturated rings. The third-order valence-corrected chi connectivity index (χ3v) is 3.31. The van der Waals surface area contributed by atoms with E-state index < -0.39 is 17.8 Å². The number of nitrogen functional groups attached to an aromatic ring is 1. The summed E-state index contributed by atoms with van der Waals surface area (Å²) in [6.45, 7) is 0. The van der Waals surface area contributed by atoms with Crippen molar-refractivity contribution in [1.29, 1.82) is 0 Å². The van der Waals surface area contributed by atoms with Crippen LogP contribution in [0.25, 0.3) is 0 Å². The molecule has 3 N–H and O–H groups in total. The fraction of sp³-hybridized carbons (Fsp3) is 0.167. The number of hydrogen-bond acceptors (Lipinski definition) is 3. The lowest BCUT2D eigenvalue weighted by Crippen LogP contribution is -2.10. The van der Waals surface area contributed by atoms with E-state index in [4.69, 9.17) is 5.73 Å². The van der Waals surface area contributed by atoms with Crippen LogP contribution in [0.2, 0.25) is 0 Å². The average Bonchev–Trinajstić information content (AvgIpc) is 2.77. The fourth-order valence-corrected chi connectivity index (χ4v) is 2.48. The van der Waals surface area contributed by atoms with Crippen molar-refractivity contribution in [2.45, 2.75) is 12.3 Å². The van der Waals surface area contributed by atoms with Gasteiger partial charge in [0.25, 0.3) is 0 Å². The summed E-state index contributed by atoms with van der Waals surface area (Å²) in [5.74, 6) is 0. The van der Waals surface area contributed by atoms with Crippen molar-refractivity contribution < 1.29 is 18.3 Å². The Kier molecular flexibility index (Phi) is 3.32. The largest absolute Gasteiger partial charge is 0.417 e. The maximum absolute atomic E-state index is 12.7. The second-order valence-corrected chi connectivity index (χ2v) is 4.55. The molecule has 0 aliphatic heterocycles. The highest BCUT2D eigenvalue weighted by Gasteiger charge is 2.36. The van der Waals surface area contributed by atoms with Crippen molar-refractivity contribution >= 4 is 17.0 Å². The molecule has 0 amide bonds. The molecule has 2 nitrogen and oxygen atoms in total. The molecule has 0 saturated carbocycles. The summed E-state index contributed by atoms with van der Waals surface area (Å²) in [7, 11) is 0. The van der Waals surface area contributed by atoms with Crippen LogP contribution >= 0.6 is 11.3 Å². The lowest BCUT2D eigenvalue weighted by molar-refractivity contribution is -0.138. The van der Waals surface area contributed by atoms with Gasteiger partial charge in [0, 0.05) is 16.6 Å². The lowest BCUT2D eigenvalue weighted by atomic mass is 10.0. The van der Waals surface area contributed by atoms with Gasteiger partial charge in [-0.15, -0.1) is 0 Å². The Morgan fingerprint density at radius 1 is 1.11 bits per heavy atom. The molecule has 1 atom stereocenters. The van der Waals surface area contributed by atoms with Crippen LogP contribution in [0, 0.1) is 0 Å². The number of anilines is 1. The minimum Gasteiger partial charge on any atom is -0.399 e. The molecule has 0 bridgehead atoms. The van der Waals surface area contributed by atoms with Gasteiger partial charge in [0.2, 0.25) is 0 Å². The number of aliphatic hydroxyl groups is 1. The third-order valence-electron chi connectivity index (χ3n) is 2.54. The standard InChI is InChI=1S/C12H10F3NOS/c13-12(14,15)10-6-18-5-9(10)11(17)7-1-3-8(16)4-2-7/h1-6,11,17H,16H2. The Morgan fingerprint density at radius 3 is 2.28 bits per heavy atom. The molecule has 96 valence electrons. The monoisotopic (exact) mass is 273 g/mol. The Balaban J connectivity index is 2.37. The average molecular weight is 273 g/mol. The van der Waals surface area contributed by atoms with Crippen molar-refractivity contribution in [1.82, 2.24) is 0 Å². The molecule has 6 heteroatoms. The molecule has 18 heavy (non-hydrogen) atoms. The molecule has 2 rings (SSSR count). The van der Waals surface area contributed by atoms with E-state index in [0.717, 1.165) is 16.7 Å². The number of thiophene rings is 1.